The number of nitrogens with one attached hydrogen (secondary N) is 1. The van der Waals surface area contributed by atoms with Crippen molar-refractivity contribution in [2.75, 3.05) is 21.0 Å². The molecule has 2 aromatic carbocycles. The number of fused-ring (bicyclic) bond motifs is 1. The van der Waals surface area contributed by atoms with E-state index in [4.69, 9.17) is 18.9 Å². The first kappa shape index (κ1) is 18.0. The maximum atomic E-state index is 12.3. The number of nitro benzene ring substituents is 1. The molecule has 0 atom stereocenters. The minimum absolute atomic E-state index is 0.0124. The van der Waals surface area contributed by atoms with Crippen LogP contribution in [0.4, 0.5) is 5.69 Å². The number of hydrogen-bond donors (Lipinski definition) is 1. The van der Waals surface area contributed by atoms with Crippen molar-refractivity contribution in [2.45, 2.75) is 0 Å². The van der Waals surface area contributed by atoms with E-state index in [1.165, 1.54) is 38.5 Å². The smallest absolute Gasteiger partial charge is 0.282 e. The van der Waals surface area contributed by atoms with E-state index in [0.717, 1.165) is 6.21 Å². The first-order chi connectivity index (χ1) is 13.0. The molecule has 140 valence electrons. The molecule has 0 spiro atoms. The molecule has 1 aliphatic heterocycles. The van der Waals surface area contributed by atoms with Gasteiger partial charge in [0.05, 0.1) is 37.0 Å². The third-order valence-electron chi connectivity index (χ3n) is 3.70. The number of ether oxygens (including phenoxy) is 4. The molecule has 10 heteroatoms. The standard InChI is InChI=1S/C17H15N3O7/c1-24-12-3-10(4-13(6-12)25-2)17(21)19-18-8-11-5-15-16(27-9-26-15)7-14(11)20(22)23/h3-8H,9H2,1-2H3,(H,19,21). The van der Waals surface area contributed by atoms with E-state index < -0.39 is 10.8 Å². The van der Waals surface area contributed by atoms with Crippen LogP contribution in [0.25, 0.3) is 0 Å². The molecule has 0 radical (unpaired) electrons. The van der Waals surface area contributed by atoms with Crippen LogP contribution in [-0.2, 0) is 0 Å². The summed E-state index contributed by atoms with van der Waals surface area (Å²) in [6.07, 6.45) is 1.16. The van der Waals surface area contributed by atoms with Gasteiger partial charge < -0.3 is 18.9 Å². The number of carbonyl (C=O) groups is 1. The Hall–Kier alpha value is -3.82. The zero-order chi connectivity index (χ0) is 19.4. The maximum Gasteiger partial charge on any atom is 0.282 e. The number of methoxy groups -OCH3 is 2. The quantitative estimate of drug-likeness (QED) is 0.467. The second-order valence-electron chi connectivity index (χ2n) is 5.32. The van der Waals surface area contributed by atoms with Crippen LogP contribution in [-0.4, -0.2) is 38.1 Å². The summed E-state index contributed by atoms with van der Waals surface area (Å²) in [5.74, 6) is 0.994. The number of nitrogens with zero attached hydrogens (tertiary/aromatic N) is 2. The number of benzene rings is 2. The number of nitro groups is 1. The van der Waals surface area contributed by atoms with Crippen molar-refractivity contribution in [1.82, 2.24) is 5.43 Å². The van der Waals surface area contributed by atoms with Crippen LogP contribution in [0.15, 0.2) is 35.4 Å². The molecule has 27 heavy (non-hydrogen) atoms. The molecule has 0 aromatic heterocycles. The summed E-state index contributed by atoms with van der Waals surface area (Å²) in [6, 6.07) is 7.31. The number of hydrazone groups is 1. The van der Waals surface area contributed by atoms with Crippen LogP contribution in [0.3, 0.4) is 0 Å². The maximum absolute atomic E-state index is 12.3. The largest absolute Gasteiger partial charge is 0.497 e. The van der Waals surface area contributed by atoms with Crippen molar-refractivity contribution in [3.05, 3.63) is 51.6 Å². The Morgan fingerprint density at radius 2 is 1.78 bits per heavy atom. The van der Waals surface area contributed by atoms with Gasteiger partial charge in [-0.1, -0.05) is 0 Å². The highest BCUT2D eigenvalue weighted by molar-refractivity contribution is 5.96. The Morgan fingerprint density at radius 3 is 2.37 bits per heavy atom. The summed E-state index contributed by atoms with van der Waals surface area (Å²) >= 11 is 0. The Kier molecular flexibility index (Phi) is 5.06. The van der Waals surface area contributed by atoms with E-state index in [1.807, 2.05) is 0 Å². The molecule has 0 unspecified atom stereocenters. The highest BCUT2D eigenvalue weighted by atomic mass is 16.7. The normalized spacial score (nSPS) is 12.1. The Labute approximate surface area is 153 Å². The zero-order valence-electron chi connectivity index (χ0n) is 14.4. The first-order valence-corrected chi connectivity index (χ1v) is 7.66. The van der Waals surface area contributed by atoms with E-state index in [9.17, 15) is 14.9 Å². The zero-order valence-corrected chi connectivity index (χ0v) is 14.4. The average molecular weight is 373 g/mol. The average Bonchev–Trinajstić information content (AvgIpc) is 3.14. The molecule has 1 amide bonds. The van der Waals surface area contributed by atoms with Crippen LogP contribution < -0.4 is 24.4 Å². The summed E-state index contributed by atoms with van der Waals surface area (Å²) in [5, 5.41) is 15.0. The fourth-order valence-electron chi connectivity index (χ4n) is 2.37. The molecule has 0 saturated carbocycles. The summed E-state index contributed by atoms with van der Waals surface area (Å²) in [7, 11) is 2.93. The van der Waals surface area contributed by atoms with Gasteiger partial charge in [-0.25, -0.2) is 5.43 Å². The molecular weight excluding hydrogens is 358 g/mol. The van der Waals surface area contributed by atoms with E-state index in [2.05, 4.69) is 10.5 Å². The monoisotopic (exact) mass is 373 g/mol. The third-order valence-corrected chi connectivity index (χ3v) is 3.70. The van der Waals surface area contributed by atoms with Crippen molar-refractivity contribution >= 4 is 17.8 Å². The summed E-state index contributed by atoms with van der Waals surface area (Å²) < 4.78 is 20.5. The van der Waals surface area contributed by atoms with Gasteiger partial charge in [0.1, 0.15) is 11.5 Å². The van der Waals surface area contributed by atoms with Crippen molar-refractivity contribution in [3.63, 3.8) is 0 Å². The van der Waals surface area contributed by atoms with E-state index in [-0.39, 0.29) is 29.4 Å². The molecule has 1 N–H and O–H groups in total. The lowest BCUT2D eigenvalue weighted by atomic mass is 10.1. The number of rotatable bonds is 6. The number of amides is 1. The number of carbonyl (C=O) groups excluding carboxylic acids is 1. The third kappa shape index (κ3) is 3.89. The molecule has 0 saturated heterocycles. The van der Waals surface area contributed by atoms with Gasteiger partial charge in [0.2, 0.25) is 6.79 Å². The van der Waals surface area contributed by atoms with Crippen molar-refractivity contribution in [1.29, 1.82) is 0 Å². The van der Waals surface area contributed by atoms with Gasteiger partial charge in [0.15, 0.2) is 11.5 Å². The highest BCUT2D eigenvalue weighted by Crippen LogP contribution is 2.37. The van der Waals surface area contributed by atoms with E-state index in [1.54, 1.807) is 6.07 Å². The molecule has 0 aliphatic carbocycles. The molecular formula is C17H15N3O7. The van der Waals surface area contributed by atoms with Gasteiger partial charge in [-0.05, 0) is 18.2 Å². The summed E-state index contributed by atoms with van der Waals surface area (Å²) in [5.41, 5.74) is 2.50. The lowest BCUT2D eigenvalue weighted by Gasteiger charge is -2.07. The summed E-state index contributed by atoms with van der Waals surface area (Å²) in [4.78, 5) is 22.9. The van der Waals surface area contributed by atoms with Crippen LogP contribution in [0, 0.1) is 10.1 Å². The minimum atomic E-state index is -0.571. The Bertz CT molecular complexity index is 905. The topological polar surface area (TPSA) is 122 Å². The predicted molar refractivity (Wildman–Crippen MR) is 93.8 cm³/mol. The van der Waals surface area contributed by atoms with Crippen LogP contribution in [0.5, 0.6) is 23.0 Å². The minimum Gasteiger partial charge on any atom is -0.497 e. The molecule has 0 bridgehead atoms. The Balaban J connectivity index is 1.80. The van der Waals surface area contributed by atoms with Crippen LogP contribution in [0.1, 0.15) is 15.9 Å². The molecule has 10 nitrogen and oxygen atoms in total. The first-order valence-electron chi connectivity index (χ1n) is 7.66. The second-order valence-corrected chi connectivity index (χ2v) is 5.32. The van der Waals surface area contributed by atoms with E-state index in [0.29, 0.717) is 17.2 Å². The SMILES string of the molecule is COc1cc(OC)cc(C(=O)NN=Cc2cc3c(cc2[N+](=O)[O-])OCO3)c1. The van der Waals surface area contributed by atoms with Crippen molar-refractivity contribution < 1.29 is 28.7 Å². The van der Waals surface area contributed by atoms with Crippen LogP contribution in [0.2, 0.25) is 0 Å². The molecule has 3 rings (SSSR count). The Morgan fingerprint density at radius 1 is 1.15 bits per heavy atom. The fourth-order valence-corrected chi connectivity index (χ4v) is 2.37. The van der Waals surface area contributed by atoms with Gasteiger partial charge in [0, 0.05) is 11.6 Å². The molecule has 1 aliphatic rings. The molecule has 2 aromatic rings. The fraction of sp³-hybridized carbons (Fsp3) is 0.176. The molecule has 1 heterocycles. The van der Waals surface area contributed by atoms with Gasteiger partial charge in [-0.15, -0.1) is 0 Å². The predicted octanol–water partition coefficient (Wildman–Crippen LogP) is 2.10. The van der Waals surface area contributed by atoms with Gasteiger partial charge >= 0.3 is 0 Å². The summed E-state index contributed by atoms with van der Waals surface area (Å²) in [6.45, 7) is -0.0124. The highest BCUT2D eigenvalue weighted by Gasteiger charge is 2.22. The van der Waals surface area contributed by atoms with Gasteiger partial charge in [-0.2, -0.15) is 5.10 Å². The molecule has 0 fully saturated rings. The van der Waals surface area contributed by atoms with Crippen molar-refractivity contribution in [2.24, 2.45) is 5.10 Å². The van der Waals surface area contributed by atoms with E-state index >= 15 is 0 Å². The lowest BCUT2D eigenvalue weighted by molar-refractivity contribution is -0.385. The number of hydrogen-bond acceptors (Lipinski definition) is 8. The van der Waals surface area contributed by atoms with Gasteiger partial charge in [0.25, 0.3) is 11.6 Å². The second kappa shape index (κ2) is 7.60. The lowest BCUT2D eigenvalue weighted by Crippen LogP contribution is -2.17. The van der Waals surface area contributed by atoms with Crippen molar-refractivity contribution in [3.8, 4) is 23.0 Å². The van der Waals surface area contributed by atoms with Gasteiger partial charge in [-0.3, -0.25) is 14.9 Å². The van der Waals surface area contributed by atoms with Crippen LogP contribution >= 0.6 is 0 Å².